The van der Waals surface area contributed by atoms with Crippen molar-refractivity contribution >= 4 is 28.8 Å². The standard InChI is InChI=1S/C22H17ClF3N5O2/c23-18-19(21(32)30-10-8-29(9-11-30)14-5-2-1-3-6-14)28-31-17(22(24,25)26)13-15(27-20(18)31)16-7-4-12-33-16/h1-7,12-13H,8-11H2. The van der Waals surface area contributed by atoms with E-state index < -0.39 is 17.8 Å². The first-order valence-electron chi connectivity index (χ1n) is 10.1. The molecule has 33 heavy (non-hydrogen) atoms. The molecule has 0 N–H and O–H groups in total. The Morgan fingerprint density at radius 2 is 1.76 bits per heavy atom. The van der Waals surface area contributed by atoms with Crippen LogP contribution in [0.15, 0.2) is 59.2 Å². The number of anilines is 1. The zero-order valence-corrected chi connectivity index (χ0v) is 17.8. The lowest BCUT2D eigenvalue weighted by Crippen LogP contribution is -2.49. The fourth-order valence-electron chi connectivity index (χ4n) is 3.84. The van der Waals surface area contributed by atoms with Crippen molar-refractivity contribution in [3.63, 3.8) is 0 Å². The van der Waals surface area contributed by atoms with Crippen molar-refractivity contribution in [3.8, 4) is 11.5 Å². The van der Waals surface area contributed by atoms with Gasteiger partial charge in [0.25, 0.3) is 5.91 Å². The van der Waals surface area contributed by atoms with Crippen molar-refractivity contribution in [2.24, 2.45) is 0 Å². The highest BCUT2D eigenvalue weighted by atomic mass is 35.5. The van der Waals surface area contributed by atoms with Crippen molar-refractivity contribution in [1.82, 2.24) is 19.5 Å². The molecule has 0 radical (unpaired) electrons. The minimum absolute atomic E-state index is 0.0582. The monoisotopic (exact) mass is 475 g/mol. The summed E-state index contributed by atoms with van der Waals surface area (Å²) in [6.07, 6.45) is -3.42. The van der Waals surface area contributed by atoms with Crippen molar-refractivity contribution in [2.45, 2.75) is 6.18 Å². The smallest absolute Gasteiger partial charge is 0.433 e. The van der Waals surface area contributed by atoms with Gasteiger partial charge in [-0.25, -0.2) is 9.50 Å². The zero-order chi connectivity index (χ0) is 23.2. The lowest BCUT2D eigenvalue weighted by Gasteiger charge is -2.35. The molecule has 1 saturated heterocycles. The molecule has 4 aromatic rings. The van der Waals surface area contributed by atoms with E-state index in [0.717, 1.165) is 11.8 Å². The third-order valence-corrected chi connectivity index (χ3v) is 5.84. The first kappa shape index (κ1) is 21.3. The van der Waals surface area contributed by atoms with E-state index in [-0.39, 0.29) is 27.8 Å². The van der Waals surface area contributed by atoms with Gasteiger partial charge in [-0.15, -0.1) is 0 Å². The third-order valence-electron chi connectivity index (χ3n) is 5.49. The molecule has 5 rings (SSSR count). The van der Waals surface area contributed by atoms with Crippen LogP contribution in [0.25, 0.3) is 17.1 Å². The molecule has 1 amide bonds. The van der Waals surface area contributed by atoms with Crippen LogP contribution >= 0.6 is 11.6 Å². The summed E-state index contributed by atoms with van der Waals surface area (Å²) in [7, 11) is 0. The molecule has 11 heteroatoms. The fourth-order valence-corrected chi connectivity index (χ4v) is 4.08. The molecular weight excluding hydrogens is 459 g/mol. The number of carbonyl (C=O) groups is 1. The number of para-hydroxylation sites is 1. The lowest BCUT2D eigenvalue weighted by molar-refractivity contribution is -0.142. The van der Waals surface area contributed by atoms with Crippen LogP contribution in [0.5, 0.6) is 0 Å². The summed E-state index contributed by atoms with van der Waals surface area (Å²) in [4.78, 5) is 21.0. The number of hydrogen-bond acceptors (Lipinski definition) is 5. The van der Waals surface area contributed by atoms with Crippen LogP contribution in [-0.4, -0.2) is 51.6 Å². The summed E-state index contributed by atoms with van der Waals surface area (Å²) in [6.45, 7) is 1.93. The van der Waals surface area contributed by atoms with E-state index in [9.17, 15) is 18.0 Å². The van der Waals surface area contributed by atoms with Gasteiger partial charge in [-0.3, -0.25) is 4.79 Å². The van der Waals surface area contributed by atoms with E-state index in [0.29, 0.717) is 30.7 Å². The van der Waals surface area contributed by atoms with Crippen molar-refractivity contribution < 1.29 is 22.4 Å². The maximum absolute atomic E-state index is 13.8. The van der Waals surface area contributed by atoms with Crippen molar-refractivity contribution in [2.75, 3.05) is 31.1 Å². The third kappa shape index (κ3) is 3.91. The van der Waals surface area contributed by atoms with Gasteiger partial charge in [-0.2, -0.15) is 18.3 Å². The molecule has 0 saturated carbocycles. The minimum Gasteiger partial charge on any atom is -0.463 e. The van der Waals surface area contributed by atoms with E-state index in [4.69, 9.17) is 16.0 Å². The highest BCUT2D eigenvalue weighted by Crippen LogP contribution is 2.35. The van der Waals surface area contributed by atoms with Crippen LogP contribution < -0.4 is 4.90 Å². The van der Waals surface area contributed by atoms with Crippen molar-refractivity contribution in [3.05, 3.63) is 71.2 Å². The number of fused-ring (bicyclic) bond motifs is 1. The van der Waals surface area contributed by atoms with Crippen LogP contribution in [0.1, 0.15) is 16.2 Å². The number of furan rings is 1. The molecule has 0 aliphatic carbocycles. The average Bonchev–Trinajstić information content (AvgIpc) is 3.47. The molecule has 1 aliphatic heterocycles. The predicted molar refractivity (Wildman–Crippen MR) is 115 cm³/mol. The Kier molecular flexibility index (Phi) is 5.24. The topological polar surface area (TPSA) is 66.9 Å². The quantitative estimate of drug-likeness (QED) is 0.432. The number of hydrogen-bond donors (Lipinski definition) is 0. The van der Waals surface area contributed by atoms with Crippen LogP contribution in [0, 0.1) is 0 Å². The van der Waals surface area contributed by atoms with Gasteiger partial charge in [-0.1, -0.05) is 29.8 Å². The zero-order valence-electron chi connectivity index (χ0n) is 17.1. The first-order valence-corrected chi connectivity index (χ1v) is 10.5. The van der Waals surface area contributed by atoms with Gasteiger partial charge in [0.15, 0.2) is 22.8 Å². The highest BCUT2D eigenvalue weighted by molar-refractivity contribution is 6.36. The van der Waals surface area contributed by atoms with E-state index in [1.807, 2.05) is 30.3 Å². The van der Waals surface area contributed by atoms with Gasteiger partial charge < -0.3 is 14.2 Å². The number of carbonyl (C=O) groups excluding carboxylic acids is 1. The fraction of sp³-hybridized carbons (Fsp3) is 0.227. The molecule has 1 aromatic carbocycles. The molecule has 7 nitrogen and oxygen atoms in total. The Labute approximate surface area is 191 Å². The van der Waals surface area contributed by atoms with Gasteiger partial charge >= 0.3 is 6.18 Å². The molecule has 0 spiro atoms. The highest BCUT2D eigenvalue weighted by Gasteiger charge is 2.37. The number of halogens is 4. The van der Waals surface area contributed by atoms with E-state index in [1.165, 1.54) is 23.3 Å². The maximum atomic E-state index is 13.8. The van der Waals surface area contributed by atoms with Crippen molar-refractivity contribution in [1.29, 1.82) is 0 Å². The van der Waals surface area contributed by atoms with Crippen LogP contribution in [0.4, 0.5) is 18.9 Å². The van der Waals surface area contributed by atoms with Crippen LogP contribution in [-0.2, 0) is 6.18 Å². The molecule has 1 aliphatic rings. The number of nitrogens with zero attached hydrogens (tertiary/aromatic N) is 5. The summed E-state index contributed by atoms with van der Waals surface area (Å²) in [5, 5.41) is 3.69. The minimum atomic E-state index is -4.75. The second-order valence-electron chi connectivity index (χ2n) is 7.51. The second kappa shape index (κ2) is 8.11. The number of piperazine rings is 1. The summed E-state index contributed by atoms with van der Waals surface area (Å²) < 4.78 is 47.1. The Morgan fingerprint density at radius 1 is 1.03 bits per heavy atom. The summed E-state index contributed by atoms with van der Waals surface area (Å²) >= 11 is 6.35. The SMILES string of the molecule is O=C(c1nn2c(C(F)(F)F)cc(-c3ccco3)nc2c1Cl)N1CCN(c2ccccc2)CC1. The first-order chi connectivity index (χ1) is 15.8. The summed E-state index contributed by atoms with van der Waals surface area (Å²) in [6, 6.07) is 13.6. The molecule has 3 aromatic heterocycles. The van der Waals surface area contributed by atoms with E-state index in [1.54, 1.807) is 0 Å². The second-order valence-corrected chi connectivity index (χ2v) is 7.89. The normalized spacial score (nSPS) is 14.8. The van der Waals surface area contributed by atoms with E-state index >= 15 is 0 Å². The summed E-state index contributed by atoms with van der Waals surface area (Å²) in [5.74, 6) is -0.393. The number of rotatable bonds is 3. The Morgan fingerprint density at radius 3 is 2.39 bits per heavy atom. The Hall–Kier alpha value is -3.53. The predicted octanol–water partition coefficient (Wildman–Crippen LogP) is 4.62. The largest absolute Gasteiger partial charge is 0.463 e. The molecule has 170 valence electrons. The molecular formula is C22H17ClF3N5O2. The number of aromatic nitrogens is 3. The molecule has 0 unspecified atom stereocenters. The molecule has 1 fully saturated rings. The number of benzene rings is 1. The Bertz CT molecular complexity index is 1300. The number of amides is 1. The molecule has 4 heterocycles. The number of alkyl halides is 3. The lowest BCUT2D eigenvalue weighted by atomic mass is 10.2. The van der Waals surface area contributed by atoms with Gasteiger partial charge in [0.1, 0.15) is 10.7 Å². The maximum Gasteiger partial charge on any atom is 0.433 e. The van der Waals surface area contributed by atoms with E-state index in [2.05, 4.69) is 15.0 Å². The Balaban J connectivity index is 1.47. The van der Waals surface area contributed by atoms with Gasteiger partial charge in [0.2, 0.25) is 0 Å². The summed E-state index contributed by atoms with van der Waals surface area (Å²) in [5.41, 5.74) is -0.644. The van der Waals surface area contributed by atoms with Gasteiger partial charge in [0, 0.05) is 31.9 Å². The van der Waals surface area contributed by atoms with Gasteiger partial charge in [-0.05, 0) is 30.3 Å². The average molecular weight is 476 g/mol. The van der Waals surface area contributed by atoms with Crippen LogP contribution in [0.3, 0.4) is 0 Å². The van der Waals surface area contributed by atoms with Crippen LogP contribution in [0.2, 0.25) is 5.02 Å². The molecule has 0 bridgehead atoms. The molecule has 0 atom stereocenters. The van der Waals surface area contributed by atoms with Gasteiger partial charge in [0.05, 0.1) is 6.26 Å².